The smallest absolute Gasteiger partial charge is 0.368 e. The average Bonchev–Trinajstić information content (AvgIpc) is 3.10. The SMILES string of the molecule is FC(F)(F)CN1CCC(CNc2ccc3nnc(-c4ccccc4)n3n2)CC1. The number of nitrogens with one attached hydrogen (secondary N) is 1. The number of anilines is 1. The van der Waals surface area contributed by atoms with Crippen molar-refractivity contribution in [2.75, 3.05) is 31.5 Å². The highest BCUT2D eigenvalue weighted by Gasteiger charge is 2.32. The van der Waals surface area contributed by atoms with Crippen LogP contribution in [0.1, 0.15) is 12.8 Å². The van der Waals surface area contributed by atoms with Gasteiger partial charge in [0, 0.05) is 12.1 Å². The van der Waals surface area contributed by atoms with E-state index in [1.54, 1.807) is 4.52 Å². The van der Waals surface area contributed by atoms with Crippen LogP contribution in [-0.2, 0) is 0 Å². The van der Waals surface area contributed by atoms with Gasteiger partial charge in [0.25, 0.3) is 0 Å². The fraction of sp³-hybridized carbons (Fsp3) is 0.421. The van der Waals surface area contributed by atoms with Crippen LogP contribution in [0.15, 0.2) is 42.5 Å². The Hall–Kier alpha value is -2.68. The van der Waals surface area contributed by atoms with E-state index in [0.717, 1.165) is 18.4 Å². The molecule has 0 spiro atoms. The van der Waals surface area contributed by atoms with Crippen molar-refractivity contribution < 1.29 is 13.2 Å². The summed E-state index contributed by atoms with van der Waals surface area (Å²) in [5.74, 6) is 1.69. The Morgan fingerprint density at radius 2 is 1.75 bits per heavy atom. The first-order chi connectivity index (χ1) is 13.5. The number of halogens is 3. The molecule has 0 atom stereocenters. The van der Waals surface area contributed by atoms with Crippen molar-refractivity contribution >= 4 is 11.5 Å². The first-order valence-corrected chi connectivity index (χ1v) is 9.29. The topological polar surface area (TPSA) is 58.3 Å². The molecule has 3 aromatic rings. The van der Waals surface area contributed by atoms with Gasteiger partial charge < -0.3 is 5.32 Å². The second-order valence-corrected chi connectivity index (χ2v) is 7.09. The second kappa shape index (κ2) is 7.75. The molecule has 0 saturated carbocycles. The highest BCUT2D eigenvalue weighted by atomic mass is 19.4. The van der Waals surface area contributed by atoms with Crippen molar-refractivity contribution in [1.29, 1.82) is 0 Å². The molecule has 4 rings (SSSR count). The summed E-state index contributed by atoms with van der Waals surface area (Å²) in [5, 5.41) is 16.3. The third kappa shape index (κ3) is 4.41. The van der Waals surface area contributed by atoms with Crippen molar-refractivity contribution in [1.82, 2.24) is 24.7 Å². The number of alkyl halides is 3. The molecule has 1 aromatic carbocycles. The molecule has 9 heteroatoms. The summed E-state index contributed by atoms with van der Waals surface area (Å²) < 4.78 is 39.2. The van der Waals surface area contributed by atoms with Gasteiger partial charge in [-0.25, -0.2) is 0 Å². The van der Waals surface area contributed by atoms with Crippen LogP contribution >= 0.6 is 0 Å². The third-order valence-electron chi connectivity index (χ3n) is 4.98. The number of piperidine rings is 1. The van der Waals surface area contributed by atoms with Crippen molar-refractivity contribution in [2.24, 2.45) is 5.92 Å². The fourth-order valence-corrected chi connectivity index (χ4v) is 3.50. The van der Waals surface area contributed by atoms with E-state index in [1.807, 2.05) is 42.5 Å². The Labute approximate surface area is 160 Å². The Morgan fingerprint density at radius 1 is 1.00 bits per heavy atom. The predicted molar refractivity (Wildman–Crippen MR) is 99.9 cm³/mol. The van der Waals surface area contributed by atoms with Crippen molar-refractivity contribution in [2.45, 2.75) is 19.0 Å². The van der Waals surface area contributed by atoms with Crippen LogP contribution in [0.2, 0.25) is 0 Å². The van der Waals surface area contributed by atoms with Crippen molar-refractivity contribution in [3.63, 3.8) is 0 Å². The first kappa shape index (κ1) is 18.7. The van der Waals surface area contributed by atoms with E-state index in [-0.39, 0.29) is 0 Å². The van der Waals surface area contributed by atoms with Crippen LogP contribution < -0.4 is 5.32 Å². The molecule has 6 nitrogen and oxygen atoms in total. The second-order valence-electron chi connectivity index (χ2n) is 7.09. The molecule has 0 unspecified atom stereocenters. The summed E-state index contributed by atoms with van der Waals surface area (Å²) in [6.45, 7) is 0.812. The molecule has 1 fully saturated rings. The van der Waals surface area contributed by atoms with Gasteiger partial charge in [0.15, 0.2) is 11.5 Å². The minimum absolute atomic E-state index is 0.330. The molecule has 148 valence electrons. The third-order valence-corrected chi connectivity index (χ3v) is 4.98. The Morgan fingerprint density at radius 3 is 2.46 bits per heavy atom. The van der Waals surface area contributed by atoms with E-state index in [1.165, 1.54) is 4.90 Å². The monoisotopic (exact) mass is 390 g/mol. The van der Waals surface area contributed by atoms with Crippen LogP contribution in [0.4, 0.5) is 19.0 Å². The van der Waals surface area contributed by atoms with E-state index in [9.17, 15) is 13.2 Å². The van der Waals surface area contributed by atoms with Gasteiger partial charge in [0.1, 0.15) is 5.82 Å². The molecule has 3 heterocycles. The lowest BCUT2D eigenvalue weighted by atomic mass is 9.97. The van der Waals surface area contributed by atoms with Gasteiger partial charge in [-0.05, 0) is 44.0 Å². The normalized spacial score (nSPS) is 16.5. The van der Waals surface area contributed by atoms with Gasteiger partial charge in [-0.15, -0.1) is 15.3 Å². The van der Waals surface area contributed by atoms with Crippen molar-refractivity contribution in [3.8, 4) is 11.4 Å². The molecule has 0 bridgehead atoms. The molecule has 0 aliphatic carbocycles. The summed E-state index contributed by atoms with van der Waals surface area (Å²) in [4.78, 5) is 1.48. The molecular weight excluding hydrogens is 369 g/mol. The number of hydrogen-bond acceptors (Lipinski definition) is 5. The van der Waals surface area contributed by atoms with Gasteiger partial charge in [-0.1, -0.05) is 30.3 Å². The summed E-state index contributed by atoms with van der Waals surface area (Å²) in [5.41, 5.74) is 1.58. The molecule has 1 N–H and O–H groups in total. The highest BCUT2D eigenvalue weighted by Crippen LogP contribution is 2.23. The minimum Gasteiger partial charge on any atom is -0.368 e. The average molecular weight is 390 g/mol. The maximum absolute atomic E-state index is 12.5. The maximum atomic E-state index is 12.5. The van der Waals surface area contributed by atoms with E-state index in [4.69, 9.17) is 0 Å². The molecule has 2 aromatic heterocycles. The summed E-state index contributed by atoms with van der Waals surface area (Å²) in [7, 11) is 0. The van der Waals surface area contributed by atoms with Crippen molar-refractivity contribution in [3.05, 3.63) is 42.5 Å². The lowest BCUT2D eigenvalue weighted by molar-refractivity contribution is -0.148. The number of fused-ring (bicyclic) bond motifs is 1. The molecule has 1 aliphatic heterocycles. The number of rotatable bonds is 5. The maximum Gasteiger partial charge on any atom is 0.401 e. The number of aromatic nitrogens is 4. The van der Waals surface area contributed by atoms with E-state index >= 15 is 0 Å². The summed E-state index contributed by atoms with van der Waals surface area (Å²) in [6, 6.07) is 13.4. The largest absolute Gasteiger partial charge is 0.401 e. The quantitative estimate of drug-likeness (QED) is 0.723. The molecule has 0 amide bonds. The standard InChI is InChI=1S/C19H21F3N6/c20-19(21,22)13-27-10-8-14(9-11-27)12-23-16-6-7-17-24-25-18(28(17)26-16)15-4-2-1-3-5-15/h1-7,14H,8-13H2,(H,23,26). The van der Waals surface area contributed by atoms with Crippen LogP contribution in [0, 0.1) is 5.92 Å². The Bertz CT molecular complexity index is 916. The zero-order valence-corrected chi connectivity index (χ0v) is 15.2. The summed E-state index contributed by atoms with van der Waals surface area (Å²) >= 11 is 0. The first-order valence-electron chi connectivity index (χ1n) is 9.29. The van der Waals surface area contributed by atoms with Crippen LogP contribution in [-0.4, -0.2) is 57.1 Å². The van der Waals surface area contributed by atoms with Crippen LogP contribution in [0.3, 0.4) is 0 Å². The number of nitrogens with zero attached hydrogens (tertiary/aromatic N) is 5. The van der Waals surface area contributed by atoms with E-state index in [0.29, 0.717) is 42.8 Å². The van der Waals surface area contributed by atoms with Gasteiger partial charge >= 0.3 is 6.18 Å². The van der Waals surface area contributed by atoms with Gasteiger partial charge in [-0.3, -0.25) is 4.90 Å². The number of benzene rings is 1. The van der Waals surface area contributed by atoms with Crippen LogP contribution in [0.25, 0.3) is 17.0 Å². The van der Waals surface area contributed by atoms with E-state index in [2.05, 4.69) is 20.6 Å². The Kier molecular flexibility index (Phi) is 5.17. The molecule has 1 aliphatic rings. The van der Waals surface area contributed by atoms with Gasteiger partial charge in [0.05, 0.1) is 6.54 Å². The molecule has 1 saturated heterocycles. The lowest BCUT2D eigenvalue weighted by Gasteiger charge is -2.32. The summed E-state index contributed by atoms with van der Waals surface area (Å²) in [6.07, 6.45) is -2.64. The lowest BCUT2D eigenvalue weighted by Crippen LogP contribution is -2.41. The molecule has 0 radical (unpaired) electrons. The predicted octanol–water partition coefficient (Wildman–Crippen LogP) is 3.48. The van der Waals surface area contributed by atoms with Gasteiger partial charge in [0.2, 0.25) is 0 Å². The van der Waals surface area contributed by atoms with E-state index < -0.39 is 12.7 Å². The zero-order valence-electron chi connectivity index (χ0n) is 15.2. The fourth-order valence-electron chi connectivity index (χ4n) is 3.50. The van der Waals surface area contributed by atoms with Crippen LogP contribution in [0.5, 0.6) is 0 Å². The van der Waals surface area contributed by atoms with Gasteiger partial charge in [-0.2, -0.15) is 17.7 Å². The number of hydrogen-bond donors (Lipinski definition) is 1. The highest BCUT2D eigenvalue weighted by molar-refractivity contribution is 5.59. The zero-order chi connectivity index (χ0) is 19.6. The number of likely N-dealkylation sites (tertiary alicyclic amines) is 1. The Balaban J connectivity index is 1.38. The molecule has 28 heavy (non-hydrogen) atoms. The minimum atomic E-state index is -4.13. The molecular formula is C19H21F3N6.